The van der Waals surface area contributed by atoms with Crippen LogP contribution in [-0.2, 0) is 4.79 Å². The Bertz CT molecular complexity index is 1130. The van der Waals surface area contributed by atoms with Gasteiger partial charge in [-0.2, -0.15) is 5.10 Å². The Hall–Kier alpha value is -3.35. The van der Waals surface area contributed by atoms with Crippen LogP contribution in [0.3, 0.4) is 0 Å². The third-order valence-corrected chi connectivity index (χ3v) is 4.62. The van der Waals surface area contributed by atoms with E-state index in [4.69, 9.17) is 32.7 Å². The van der Waals surface area contributed by atoms with Crippen LogP contribution in [0.4, 0.5) is 0 Å². The summed E-state index contributed by atoms with van der Waals surface area (Å²) in [4.78, 5) is 24.2. The van der Waals surface area contributed by atoms with Crippen LogP contribution in [0.25, 0.3) is 0 Å². The molecule has 0 saturated carbocycles. The van der Waals surface area contributed by atoms with Crippen molar-refractivity contribution >= 4 is 41.3 Å². The third kappa shape index (κ3) is 6.57. The van der Waals surface area contributed by atoms with Gasteiger partial charge >= 0.3 is 5.97 Å². The molecular weight excluding hydrogens is 439 g/mol. The van der Waals surface area contributed by atoms with Gasteiger partial charge in [0.1, 0.15) is 11.5 Å². The number of nitrogens with one attached hydrogen (secondary N) is 1. The molecule has 0 aromatic heterocycles. The van der Waals surface area contributed by atoms with Crippen molar-refractivity contribution in [2.45, 2.75) is 6.92 Å². The molecule has 0 atom stereocenters. The van der Waals surface area contributed by atoms with Gasteiger partial charge in [-0.05, 0) is 54.4 Å². The molecule has 6 nitrogen and oxygen atoms in total. The molecule has 158 valence electrons. The van der Waals surface area contributed by atoms with E-state index < -0.39 is 11.9 Å². The molecule has 0 unspecified atom stereocenters. The molecule has 3 aromatic rings. The minimum atomic E-state index is -0.614. The van der Waals surface area contributed by atoms with Gasteiger partial charge in [0.05, 0.1) is 16.8 Å². The maximum Gasteiger partial charge on any atom is 0.345 e. The third-order valence-electron chi connectivity index (χ3n) is 4.07. The van der Waals surface area contributed by atoms with Gasteiger partial charge in [0.15, 0.2) is 6.61 Å². The molecule has 1 amide bonds. The molecule has 0 saturated heterocycles. The van der Waals surface area contributed by atoms with Crippen LogP contribution in [0.15, 0.2) is 71.8 Å². The highest BCUT2D eigenvalue weighted by atomic mass is 35.5. The van der Waals surface area contributed by atoms with Gasteiger partial charge in [-0.3, -0.25) is 4.79 Å². The lowest BCUT2D eigenvalue weighted by Gasteiger charge is -2.07. The molecule has 3 aromatic carbocycles. The standard InChI is InChI=1S/C23H18Cl2N2O4/c1-15-5-2-3-8-21(15)30-14-22(28)27-26-13-16-6-4-7-18(11-16)31-23(29)19-10-9-17(24)12-20(19)25/h2-13H,14H2,1H3,(H,27,28). The van der Waals surface area contributed by atoms with Crippen LogP contribution in [-0.4, -0.2) is 24.7 Å². The molecule has 0 aliphatic rings. The second-order valence-corrected chi connectivity index (χ2v) is 7.28. The molecule has 0 spiro atoms. The first-order valence-corrected chi connectivity index (χ1v) is 9.95. The van der Waals surface area contributed by atoms with Crippen LogP contribution in [0.5, 0.6) is 11.5 Å². The van der Waals surface area contributed by atoms with Crippen molar-refractivity contribution in [3.05, 3.63) is 93.5 Å². The topological polar surface area (TPSA) is 77.0 Å². The average molecular weight is 457 g/mol. The summed E-state index contributed by atoms with van der Waals surface area (Å²) in [5.74, 6) is -0.0806. The number of carbonyl (C=O) groups is 2. The van der Waals surface area contributed by atoms with Crippen molar-refractivity contribution in [1.29, 1.82) is 0 Å². The highest BCUT2D eigenvalue weighted by Gasteiger charge is 2.13. The van der Waals surface area contributed by atoms with E-state index in [2.05, 4.69) is 10.5 Å². The van der Waals surface area contributed by atoms with Crippen molar-refractivity contribution in [3.8, 4) is 11.5 Å². The second-order valence-electron chi connectivity index (χ2n) is 6.43. The number of halogens is 2. The van der Waals surface area contributed by atoms with Gasteiger partial charge in [0.2, 0.25) is 0 Å². The maximum atomic E-state index is 12.3. The van der Waals surface area contributed by atoms with Crippen LogP contribution >= 0.6 is 23.2 Å². The molecule has 0 aliphatic heterocycles. The summed E-state index contributed by atoms with van der Waals surface area (Å²) in [5, 5.41) is 4.52. The van der Waals surface area contributed by atoms with E-state index in [0.29, 0.717) is 22.1 Å². The average Bonchev–Trinajstić information content (AvgIpc) is 2.73. The quantitative estimate of drug-likeness (QED) is 0.233. The number of esters is 1. The van der Waals surface area contributed by atoms with E-state index >= 15 is 0 Å². The van der Waals surface area contributed by atoms with E-state index in [1.165, 1.54) is 18.3 Å². The molecule has 0 bridgehead atoms. The molecule has 0 aliphatic carbocycles. The van der Waals surface area contributed by atoms with E-state index in [1.807, 2.05) is 25.1 Å². The van der Waals surface area contributed by atoms with Gasteiger partial charge in [0, 0.05) is 5.02 Å². The van der Waals surface area contributed by atoms with Crippen molar-refractivity contribution in [1.82, 2.24) is 5.43 Å². The maximum absolute atomic E-state index is 12.3. The van der Waals surface area contributed by atoms with Crippen molar-refractivity contribution in [3.63, 3.8) is 0 Å². The SMILES string of the molecule is Cc1ccccc1OCC(=O)NN=Cc1cccc(OC(=O)c2ccc(Cl)cc2Cl)c1. The number of hydrogen-bond donors (Lipinski definition) is 1. The van der Waals surface area contributed by atoms with Gasteiger partial charge in [0.25, 0.3) is 5.91 Å². The highest BCUT2D eigenvalue weighted by molar-refractivity contribution is 6.36. The Balaban J connectivity index is 1.55. The molecule has 0 heterocycles. The van der Waals surface area contributed by atoms with E-state index in [-0.39, 0.29) is 17.2 Å². The summed E-state index contributed by atoms with van der Waals surface area (Å²) in [6, 6.07) is 18.6. The van der Waals surface area contributed by atoms with E-state index in [1.54, 1.807) is 36.4 Å². The van der Waals surface area contributed by atoms with Gasteiger partial charge in [-0.1, -0.05) is 53.5 Å². The number of hydrogen-bond acceptors (Lipinski definition) is 5. The van der Waals surface area contributed by atoms with Crippen LogP contribution in [0.1, 0.15) is 21.5 Å². The lowest BCUT2D eigenvalue weighted by atomic mass is 10.2. The highest BCUT2D eigenvalue weighted by Crippen LogP contribution is 2.23. The van der Waals surface area contributed by atoms with Crippen LogP contribution in [0.2, 0.25) is 10.0 Å². The fraction of sp³-hybridized carbons (Fsp3) is 0.0870. The number of para-hydroxylation sites is 1. The van der Waals surface area contributed by atoms with Crippen molar-refractivity contribution < 1.29 is 19.1 Å². The number of rotatable bonds is 7. The number of amides is 1. The minimum absolute atomic E-state index is 0.165. The fourth-order valence-corrected chi connectivity index (χ4v) is 3.03. The predicted octanol–water partition coefficient (Wildman–Crippen LogP) is 5.05. The molecule has 1 N–H and O–H groups in total. The molecule has 31 heavy (non-hydrogen) atoms. The summed E-state index contributed by atoms with van der Waals surface area (Å²) in [6.45, 7) is 1.73. The van der Waals surface area contributed by atoms with Gasteiger partial charge in [-0.25, -0.2) is 10.2 Å². The Morgan fingerprint density at radius 1 is 1.03 bits per heavy atom. The minimum Gasteiger partial charge on any atom is -0.483 e. The lowest BCUT2D eigenvalue weighted by Crippen LogP contribution is -2.24. The Morgan fingerprint density at radius 2 is 1.84 bits per heavy atom. The summed E-state index contributed by atoms with van der Waals surface area (Å²) in [7, 11) is 0. The van der Waals surface area contributed by atoms with Gasteiger partial charge < -0.3 is 9.47 Å². The smallest absolute Gasteiger partial charge is 0.345 e. The second kappa shape index (κ2) is 10.6. The zero-order chi connectivity index (χ0) is 22.2. The summed E-state index contributed by atoms with van der Waals surface area (Å²) in [5.41, 5.74) is 4.14. The van der Waals surface area contributed by atoms with E-state index in [0.717, 1.165) is 5.56 Å². The largest absolute Gasteiger partial charge is 0.483 e. The van der Waals surface area contributed by atoms with Gasteiger partial charge in [-0.15, -0.1) is 0 Å². The number of ether oxygens (including phenoxy) is 2. The van der Waals surface area contributed by atoms with Crippen LogP contribution in [0, 0.1) is 6.92 Å². The number of carbonyl (C=O) groups excluding carboxylic acids is 2. The summed E-state index contributed by atoms with van der Waals surface area (Å²) < 4.78 is 10.8. The number of hydrazone groups is 1. The van der Waals surface area contributed by atoms with E-state index in [9.17, 15) is 9.59 Å². The fourth-order valence-electron chi connectivity index (χ4n) is 2.55. The molecular formula is C23H18Cl2N2O4. The molecule has 0 radical (unpaired) electrons. The molecule has 3 rings (SSSR count). The lowest BCUT2D eigenvalue weighted by molar-refractivity contribution is -0.123. The van der Waals surface area contributed by atoms with Crippen LogP contribution < -0.4 is 14.9 Å². The Morgan fingerprint density at radius 3 is 2.61 bits per heavy atom. The number of nitrogens with zero attached hydrogens (tertiary/aromatic N) is 1. The molecule has 0 fully saturated rings. The summed E-state index contributed by atoms with van der Waals surface area (Å²) in [6.07, 6.45) is 1.43. The first-order valence-electron chi connectivity index (χ1n) is 9.20. The zero-order valence-electron chi connectivity index (χ0n) is 16.5. The Kier molecular flexibility index (Phi) is 7.65. The Labute approximate surface area is 189 Å². The number of aryl methyl sites for hydroxylation is 1. The predicted molar refractivity (Wildman–Crippen MR) is 120 cm³/mol. The molecule has 8 heteroatoms. The summed E-state index contributed by atoms with van der Waals surface area (Å²) >= 11 is 11.9. The monoisotopic (exact) mass is 456 g/mol. The van der Waals surface area contributed by atoms with Crippen molar-refractivity contribution in [2.24, 2.45) is 5.10 Å². The normalized spacial score (nSPS) is 10.7. The first kappa shape index (κ1) is 22.3. The zero-order valence-corrected chi connectivity index (χ0v) is 18.0. The first-order chi connectivity index (χ1) is 14.9. The number of benzene rings is 3. The van der Waals surface area contributed by atoms with Crippen molar-refractivity contribution in [2.75, 3.05) is 6.61 Å².